The summed E-state index contributed by atoms with van der Waals surface area (Å²) in [5, 5.41) is 6.85. The Morgan fingerprint density at radius 3 is 2.66 bits per heavy atom. The van der Waals surface area contributed by atoms with E-state index in [4.69, 9.17) is 10.7 Å². The van der Waals surface area contributed by atoms with Gasteiger partial charge in [0.15, 0.2) is 0 Å². The standard InChI is InChI=1S/C24H31N5/c1-18-7-9-20(10-8-18)11-15-27-24-28-16-12-23(29-24)22-6-3-5-21(17-22)19(2)26-14-4-13-25/h3,5-10,12,16-17,19,26H,4,11,13-15,25H2,1-2H3,(H,27,28,29). The molecule has 0 radical (unpaired) electrons. The Morgan fingerprint density at radius 2 is 1.86 bits per heavy atom. The van der Waals surface area contributed by atoms with Gasteiger partial charge in [0.25, 0.3) is 0 Å². The molecule has 3 aromatic rings. The number of hydrogen-bond acceptors (Lipinski definition) is 5. The molecule has 0 spiro atoms. The number of nitrogens with two attached hydrogens (primary N) is 1. The predicted octanol–water partition coefficient (Wildman–Crippen LogP) is 4.11. The van der Waals surface area contributed by atoms with E-state index in [1.807, 2.05) is 12.3 Å². The van der Waals surface area contributed by atoms with Crippen LogP contribution in [0.2, 0.25) is 0 Å². The molecule has 0 fully saturated rings. The quantitative estimate of drug-likeness (QED) is 0.455. The largest absolute Gasteiger partial charge is 0.354 e. The van der Waals surface area contributed by atoms with Crippen molar-refractivity contribution in [2.75, 3.05) is 25.0 Å². The lowest BCUT2D eigenvalue weighted by Gasteiger charge is -2.15. The second kappa shape index (κ2) is 10.7. The average Bonchev–Trinajstić information content (AvgIpc) is 2.75. The first kappa shape index (κ1) is 21.0. The Balaban J connectivity index is 1.62. The van der Waals surface area contributed by atoms with Gasteiger partial charge in [0.05, 0.1) is 5.69 Å². The summed E-state index contributed by atoms with van der Waals surface area (Å²) in [6, 6.07) is 19.4. The van der Waals surface area contributed by atoms with Crippen molar-refractivity contribution in [1.82, 2.24) is 15.3 Å². The molecule has 4 N–H and O–H groups in total. The number of rotatable bonds is 10. The summed E-state index contributed by atoms with van der Waals surface area (Å²) in [7, 11) is 0. The van der Waals surface area contributed by atoms with Crippen LogP contribution in [0.3, 0.4) is 0 Å². The molecular formula is C24H31N5. The fourth-order valence-corrected chi connectivity index (χ4v) is 3.18. The number of hydrogen-bond donors (Lipinski definition) is 3. The minimum atomic E-state index is 0.274. The lowest BCUT2D eigenvalue weighted by atomic mass is 10.0. The third kappa shape index (κ3) is 6.38. The predicted molar refractivity (Wildman–Crippen MR) is 121 cm³/mol. The molecular weight excluding hydrogens is 358 g/mol. The topological polar surface area (TPSA) is 75.9 Å². The summed E-state index contributed by atoms with van der Waals surface area (Å²) in [6.45, 7) is 6.71. The fourth-order valence-electron chi connectivity index (χ4n) is 3.18. The van der Waals surface area contributed by atoms with Crippen molar-refractivity contribution in [2.45, 2.75) is 32.7 Å². The minimum absolute atomic E-state index is 0.274. The van der Waals surface area contributed by atoms with Crippen LogP contribution in [0, 0.1) is 6.92 Å². The van der Waals surface area contributed by atoms with Crippen LogP contribution in [0.25, 0.3) is 11.3 Å². The molecule has 0 aliphatic rings. The van der Waals surface area contributed by atoms with Crippen LogP contribution in [0.1, 0.15) is 36.1 Å². The van der Waals surface area contributed by atoms with Crippen LogP contribution in [-0.2, 0) is 6.42 Å². The van der Waals surface area contributed by atoms with Gasteiger partial charge < -0.3 is 16.4 Å². The monoisotopic (exact) mass is 389 g/mol. The molecule has 1 atom stereocenters. The Morgan fingerprint density at radius 1 is 1.03 bits per heavy atom. The number of nitrogens with zero attached hydrogens (tertiary/aromatic N) is 2. The second-order valence-corrected chi connectivity index (χ2v) is 7.37. The lowest BCUT2D eigenvalue weighted by Crippen LogP contribution is -2.21. The number of aromatic nitrogens is 2. The summed E-state index contributed by atoms with van der Waals surface area (Å²) < 4.78 is 0. The van der Waals surface area contributed by atoms with E-state index < -0.39 is 0 Å². The molecule has 1 aromatic heterocycles. The Hall–Kier alpha value is -2.76. The maximum absolute atomic E-state index is 5.58. The highest BCUT2D eigenvalue weighted by atomic mass is 15.1. The highest BCUT2D eigenvalue weighted by Crippen LogP contribution is 2.22. The van der Waals surface area contributed by atoms with Crippen molar-refractivity contribution in [1.29, 1.82) is 0 Å². The van der Waals surface area contributed by atoms with Gasteiger partial charge >= 0.3 is 0 Å². The smallest absolute Gasteiger partial charge is 0.223 e. The van der Waals surface area contributed by atoms with E-state index in [0.717, 1.165) is 37.2 Å². The van der Waals surface area contributed by atoms with E-state index >= 15 is 0 Å². The van der Waals surface area contributed by atoms with Crippen molar-refractivity contribution in [3.05, 3.63) is 77.5 Å². The third-order valence-corrected chi connectivity index (χ3v) is 4.99. The third-order valence-electron chi connectivity index (χ3n) is 4.99. The summed E-state index contributed by atoms with van der Waals surface area (Å²) in [6.07, 6.45) is 3.73. The van der Waals surface area contributed by atoms with Crippen molar-refractivity contribution in [3.8, 4) is 11.3 Å². The normalized spacial score (nSPS) is 12.0. The Bertz CT molecular complexity index is 892. The Labute approximate surface area is 173 Å². The van der Waals surface area contributed by atoms with Gasteiger partial charge in [-0.3, -0.25) is 0 Å². The van der Waals surface area contributed by atoms with Gasteiger partial charge in [0, 0.05) is 24.3 Å². The van der Waals surface area contributed by atoms with E-state index in [1.54, 1.807) is 0 Å². The number of anilines is 1. The zero-order chi connectivity index (χ0) is 20.5. The molecule has 0 bridgehead atoms. The van der Waals surface area contributed by atoms with E-state index in [1.165, 1.54) is 16.7 Å². The summed E-state index contributed by atoms with van der Waals surface area (Å²) >= 11 is 0. The molecule has 3 rings (SSSR count). The molecule has 29 heavy (non-hydrogen) atoms. The molecule has 1 heterocycles. The van der Waals surface area contributed by atoms with Crippen LogP contribution < -0.4 is 16.4 Å². The summed E-state index contributed by atoms with van der Waals surface area (Å²) in [5.74, 6) is 0.661. The van der Waals surface area contributed by atoms with E-state index in [0.29, 0.717) is 12.5 Å². The number of benzene rings is 2. The van der Waals surface area contributed by atoms with Crippen molar-refractivity contribution in [2.24, 2.45) is 5.73 Å². The van der Waals surface area contributed by atoms with Gasteiger partial charge in [-0.05, 0) is 63.0 Å². The lowest BCUT2D eigenvalue weighted by molar-refractivity contribution is 0.562. The van der Waals surface area contributed by atoms with Gasteiger partial charge in [-0.1, -0.05) is 48.0 Å². The van der Waals surface area contributed by atoms with Crippen LogP contribution in [-0.4, -0.2) is 29.6 Å². The first-order valence-electron chi connectivity index (χ1n) is 10.3. The van der Waals surface area contributed by atoms with Crippen LogP contribution in [0.4, 0.5) is 5.95 Å². The molecule has 0 saturated carbocycles. The zero-order valence-corrected chi connectivity index (χ0v) is 17.4. The van der Waals surface area contributed by atoms with Gasteiger partial charge in [0.2, 0.25) is 5.95 Å². The van der Waals surface area contributed by atoms with Crippen molar-refractivity contribution >= 4 is 5.95 Å². The van der Waals surface area contributed by atoms with Crippen LogP contribution in [0.15, 0.2) is 60.8 Å². The molecule has 5 nitrogen and oxygen atoms in total. The Kier molecular flexibility index (Phi) is 7.73. The highest BCUT2D eigenvalue weighted by Gasteiger charge is 2.08. The maximum atomic E-state index is 5.58. The first-order chi connectivity index (χ1) is 14.2. The van der Waals surface area contributed by atoms with E-state index in [-0.39, 0.29) is 6.04 Å². The van der Waals surface area contributed by atoms with Crippen LogP contribution >= 0.6 is 0 Å². The van der Waals surface area contributed by atoms with E-state index in [9.17, 15) is 0 Å². The van der Waals surface area contributed by atoms with Crippen LogP contribution in [0.5, 0.6) is 0 Å². The summed E-state index contributed by atoms with van der Waals surface area (Å²) in [4.78, 5) is 9.08. The highest BCUT2D eigenvalue weighted by molar-refractivity contribution is 5.61. The van der Waals surface area contributed by atoms with Gasteiger partial charge in [-0.15, -0.1) is 0 Å². The first-order valence-corrected chi connectivity index (χ1v) is 10.3. The van der Waals surface area contributed by atoms with Gasteiger partial charge in [-0.2, -0.15) is 0 Å². The molecule has 0 aliphatic heterocycles. The van der Waals surface area contributed by atoms with Crippen molar-refractivity contribution < 1.29 is 0 Å². The molecule has 0 saturated heterocycles. The summed E-state index contributed by atoms with van der Waals surface area (Å²) in [5.41, 5.74) is 11.4. The second-order valence-electron chi connectivity index (χ2n) is 7.37. The number of nitrogens with one attached hydrogen (secondary N) is 2. The molecule has 0 aliphatic carbocycles. The number of aryl methyl sites for hydroxylation is 1. The van der Waals surface area contributed by atoms with Gasteiger partial charge in [0.1, 0.15) is 0 Å². The van der Waals surface area contributed by atoms with Gasteiger partial charge in [-0.25, -0.2) is 9.97 Å². The van der Waals surface area contributed by atoms with E-state index in [2.05, 4.69) is 78.0 Å². The molecule has 152 valence electrons. The molecule has 5 heteroatoms. The fraction of sp³-hybridized carbons (Fsp3) is 0.333. The average molecular weight is 390 g/mol. The molecule has 0 amide bonds. The SMILES string of the molecule is Cc1ccc(CCNc2nccc(-c3cccc(C(C)NCCCN)c3)n2)cc1. The minimum Gasteiger partial charge on any atom is -0.354 e. The molecule has 2 aromatic carbocycles. The maximum Gasteiger partial charge on any atom is 0.223 e. The zero-order valence-electron chi connectivity index (χ0n) is 17.4. The molecule has 1 unspecified atom stereocenters. The van der Waals surface area contributed by atoms with Crippen molar-refractivity contribution in [3.63, 3.8) is 0 Å².